The van der Waals surface area contributed by atoms with Crippen molar-refractivity contribution in [1.82, 2.24) is 40.3 Å². The largest absolute Gasteiger partial charge is 0.508 e. The Kier molecular flexibility index (Phi) is 11.9. The summed E-state index contributed by atoms with van der Waals surface area (Å²) >= 11 is 0. The number of aromatic nitrogens is 3. The number of carbonyl (C=O) groups excluding carboxylic acids is 3. The average molecular weight is 965 g/mol. The highest BCUT2D eigenvalue weighted by atomic mass is 19.1. The van der Waals surface area contributed by atoms with Crippen LogP contribution in [0.1, 0.15) is 93.1 Å². The minimum atomic E-state index is -0.605. The number of phenolic OH excluding ortho intramolecular Hbond substituents is 1. The van der Waals surface area contributed by atoms with E-state index in [1.54, 1.807) is 23.2 Å². The fraction of sp³-hybridized carbons (Fsp3) is 0.527. The summed E-state index contributed by atoms with van der Waals surface area (Å²) in [5.41, 5.74) is 4.95. The number of rotatable bonds is 13. The molecule has 12 rings (SSSR count). The Bertz CT molecular complexity index is 2920. The molecule has 2 bridgehead atoms. The van der Waals surface area contributed by atoms with Crippen LogP contribution >= 0.6 is 0 Å². The second-order valence-corrected chi connectivity index (χ2v) is 22.1. The van der Waals surface area contributed by atoms with Crippen molar-refractivity contribution in [1.29, 1.82) is 0 Å². The summed E-state index contributed by atoms with van der Waals surface area (Å²) in [5.74, 6) is -0.610. The van der Waals surface area contributed by atoms with E-state index in [4.69, 9.17) is 19.7 Å². The van der Waals surface area contributed by atoms with Crippen molar-refractivity contribution >= 4 is 50.9 Å². The van der Waals surface area contributed by atoms with E-state index in [-0.39, 0.29) is 57.9 Å². The van der Waals surface area contributed by atoms with Gasteiger partial charge in [0, 0.05) is 99.3 Å². The molecule has 0 radical (unpaired) electrons. The molecular weight excluding hydrogens is 900 g/mol. The molecule has 3 atom stereocenters. The molecule has 2 unspecified atom stereocenters. The molecule has 2 aromatic heterocycles. The van der Waals surface area contributed by atoms with Crippen LogP contribution in [0, 0.1) is 16.6 Å². The summed E-state index contributed by atoms with van der Waals surface area (Å²) in [6.45, 7) is 14.9. The van der Waals surface area contributed by atoms with Crippen molar-refractivity contribution in [3.05, 3.63) is 77.2 Å². The number of aromatic hydroxyl groups is 1. The number of aryl methyl sites for hydroxylation is 1. The summed E-state index contributed by atoms with van der Waals surface area (Å²) in [6, 6.07) is 15.6. The van der Waals surface area contributed by atoms with Gasteiger partial charge in [-0.25, -0.2) is 4.39 Å². The van der Waals surface area contributed by atoms with Gasteiger partial charge in [-0.1, -0.05) is 32.0 Å². The molecule has 1 aliphatic carbocycles. The summed E-state index contributed by atoms with van der Waals surface area (Å²) in [7, 11) is 0. The van der Waals surface area contributed by atoms with Crippen LogP contribution in [0.2, 0.25) is 0 Å². The van der Waals surface area contributed by atoms with Crippen LogP contribution in [0.25, 0.3) is 32.9 Å². The summed E-state index contributed by atoms with van der Waals surface area (Å²) in [5, 5.41) is 19.2. The van der Waals surface area contributed by atoms with Crippen LogP contribution in [0.3, 0.4) is 0 Å². The highest BCUT2D eigenvalue weighted by Crippen LogP contribution is 2.48. The highest BCUT2D eigenvalue weighted by Gasteiger charge is 2.46. The van der Waals surface area contributed by atoms with Gasteiger partial charge in [0.15, 0.2) is 5.82 Å². The molecular formula is C55H65FN10O5. The molecule has 15 nitrogen and oxygen atoms in total. The lowest BCUT2D eigenvalue weighted by molar-refractivity contribution is -0.136. The number of nitrogens with one attached hydrogen (secondary N) is 2. The lowest BCUT2D eigenvalue weighted by Gasteiger charge is -2.42. The number of anilines is 2. The monoisotopic (exact) mass is 965 g/mol. The van der Waals surface area contributed by atoms with Crippen LogP contribution in [-0.2, 0) is 22.6 Å². The number of ether oxygens (including phenoxy) is 1. The molecule has 16 heteroatoms. The number of piperidine rings is 2. The molecule has 5 saturated heterocycles. The van der Waals surface area contributed by atoms with Gasteiger partial charge in [0.05, 0.1) is 12.0 Å². The van der Waals surface area contributed by atoms with Crippen LogP contribution in [0.5, 0.6) is 11.8 Å². The van der Waals surface area contributed by atoms with Gasteiger partial charge in [-0.3, -0.25) is 29.6 Å². The highest BCUT2D eigenvalue weighted by molar-refractivity contribution is 6.06. The average Bonchev–Trinajstić information content (AvgIpc) is 3.95. The molecule has 1 saturated carbocycles. The maximum atomic E-state index is 17.2. The summed E-state index contributed by atoms with van der Waals surface area (Å²) in [6.07, 6.45) is 10.9. The van der Waals surface area contributed by atoms with Gasteiger partial charge in [0.2, 0.25) is 11.8 Å². The Morgan fingerprint density at radius 3 is 2.41 bits per heavy atom. The van der Waals surface area contributed by atoms with Gasteiger partial charge < -0.3 is 34.8 Å². The Labute approximate surface area is 414 Å². The zero-order chi connectivity index (χ0) is 48.6. The third-order valence-electron chi connectivity index (χ3n) is 17.2. The minimum Gasteiger partial charge on any atom is -0.508 e. The van der Waals surface area contributed by atoms with Gasteiger partial charge >= 0.3 is 6.01 Å². The molecule has 3 N–H and O–H groups in total. The van der Waals surface area contributed by atoms with E-state index in [0.717, 1.165) is 144 Å². The number of hydrogen-bond donors (Lipinski definition) is 3. The number of nitrogens with zero attached hydrogens (tertiary/aromatic N) is 8. The van der Waals surface area contributed by atoms with E-state index in [0.29, 0.717) is 54.0 Å². The van der Waals surface area contributed by atoms with E-state index in [2.05, 4.69) is 50.1 Å². The number of halogens is 1. The van der Waals surface area contributed by atoms with Crippen molar-refractivity contribution in [3.63, 3.8) is 0 Å². The molecule has 6 aliphatic heterocycles. The Hall–Kier alpha value is -5.97. The van der Waals surface area contributed by atoms with E-state index < -0.39 is 11.9 Å². The van der Waals surface area contributed by atoms with Crippen LogP contribution < -0.4 is 25.2 Å². The summed E-state index contributed by atoms with van der Waals surface area (Å²) < 4.78 is 23.8. The number of hydrogen-bond acceptors (Lipinski definition) is 13. The van der Waals surface area contributed by atoms with Crippen molar-refractivity contribution in [2.24, 2.45) is 10.8 Å². The molecule has 3 amide bonds. The third kappa shape index (κ3) is 8.94. The smallest absolute Gasteiger partial charge is 0.319 e. The first-order chi connectivity index (χ1) is 34.4. The number of benzene rings is 3. The quantitative estimate of drug-likeness (QED) is 0.111. The number of carbonyl (C=O) groups is 3. The topological polar surface area (TPSA) is 160 Å². The van der Waals surface area contributed by atoms with Gasteiger partial charge in [-0.2, -0.15) is 9.97 Å². The predicted molar refractivity (Wildman–Crippen MR) is 270 cm³/mol. The number of amides is 3. The van der Waals surface area contributed by atoms with Crippen molar-refractivity contribution in [2.45, 2.75) is 103 Å². The maximum absolute atomic E-state index is 17.2. The first-order valence-corrected chi connectivity index (χ1v) is 26.1. The number of fused-ring (bicyclic) bond motifs is 5. The fourth-order valence-corrected chi connectivity index (χ4v) is 12.6. The SMILES string of the molecule is CCc1cccc2cc(O)cc(-c3ncc4c(N5CC6CCC(C5)N6)nc(OCC5(CN6CCC(C)(CCN7CCN(c8ccc9c(c8)CN([C@H]8CCC(=O)NC8=O)C9=O)CC7)CC6)CC5)nc4c3F)c12. The van der Waals surface area contributed by atoms with Crippen LogP contribution in [-0.4, -0.2) is 143 Å². The zero-order valence-electron chi connectivity index (χ0n) is 41.0. The van der Waals surface area contributed by atoms with Crippen LogP contribution in [0.15, 0.2) is 54.7 Å². The lowest BCUT2D eigenvalue weighted by Crippen LogP contribution is -2.52. The van der Waals surface area contributed by atoms with Gasteiger partial charge in [-0.05, 0) is 135 Å². The molecule has 0 spiro atoms. The van der Waals surface area contributed by atoms with E-state index in [1.165, 1.54) is 0 Å². The Morgan fingerprint density at radius 1 is 0.873 bits per heavy atom. The number of phenols is 1. The molecule has 372 valence electrons. The lowest BCUT2D eigenvalue weighted by atomic mass is 9.77. The Balaban J connectivity index is 0.669. The van der Waals surface area contributed by atoms with Crippen molar-refractivity contribution in [3.8, 4) is 23.0 Å². The standard InChI is InChI=1S/C55H65FN10O5/c1-3-34-5-4-6-35-26-40(67)27-42(46(34)35)48-47(56)49-43(28-57-48)50(65-30-37-7-8-38(31-65)58-37)61-53(60-49)71-33-55(13-14-55)32-63-19-16-54(2,17-20-63)15-18-62-21-23-64(24-22-62)39-9-10-41-36(25-39)29-66(52(41)70)44-11-12-45(68)59-51(44)69/h4-6,9-10,25-28,37-38,44,58,67H,3,7-8,11-24,29-33H2,1-2H3,(H,59,68,69)/t37?,38?,44-/m0/s1. The second kappa shape index (κ2) is 18.3. The molecule has 6 fully saturated rings. The van der Waals surface area contributed by atoms with Crippen LogP contribution in [0.4, 0.5) is 15.9 Å². The third-order valence-corrected chi connectivity index (χ3v) is 17.2. The maximum Gasteiger partial charge on any atom is 0.319 e. The number of likely N-dealkylation sites (tertiary alicyclic amines) is 1. The first-order valence-electron chi connectivity index (χ1n) is 26.1. The second-order valence-electron chi connectivity index (χ2n) is 22.1. The number of piperazine rings is 2. The van der Waals surface area contributed by atoms with Gasteiger partial charge in [-0.15, -0.1) is 0 Å². The van der Waals surface area contributed by atoms with Crippen molar-refractivity contribution < 1.29 is 28.6 Å². The normalized spacial score (nSPS) is 24.2. The number of pyridine rings is 1. The van der Waals surface area contributed by atoms with Gasteiger partial charge in [0.1, 0.15) is 28.8 Å². The molecule has 3 aromatic carbocycles. The molecule has 5 aromatic rings. The number of imide groups is 1. The van der Waals surface area contributed by atoms with E-state index >= 15 is 4.39 Å². The molecule has 7 aliphatic rings. The van der Waals surface area contributed by atoms with Crippen molar-refractivity contribution in [2.75, 3.05) is 81.9 Å². The minimum absolute atomic E-state index is 0.0142. The Morgan fingerprint density at radius 2 is 1.66 bits per heavy atom. The molecule has 71 heavy (non-hydrogen) atoms. The van der Waals surface area contributed by atoms with Gasteiger partial charge in [0.25, 0.3) is 5.91 Å². The fourth-order valence-electron chi connectivity index (χ4n) is 12.6. The first kappa shape index (κ1) is 46.1. The molecule has 8 heterocycles. The zero-order valence-corrected chi connectivity index (χ0v) is 41.0. The summed E-state index contributed by atoms with van der Waals surface area (Å²) in [4.78, 5) is 63.6. The van der Waals surface area contributed by atoms with E-state index in [9.17, 15) is 19.5 Å². The van der Waals surface area contributed by atoms with E-state index in [1.807, 2.05) is 30.3 Å². The predicted octanol–water partition coefficient (Wildman–Crippen LogP) is 6.43.